The predicted molar refractivity (Wildman–Crippen MR) is 142 cm³/mol. The number of aromatic nitrogens is 1. The molecule has 2 N–H and O–H groups in total. The molecule has 4 aromatic rings. The maximum absolute atomic E-state index is 14.7. The molecule has 5 rings (SSSR count). The lowest BCUT2D eigenvalue weighted by Crippen LogP contribution is -2.35. The number of benzene rings is 2. The molecule has 0 saturated heterocycles. The molecule has 3 heterocycles. The number of carboxylic acid groups (broad SMARTS) is 1. The molecule has 0 aliphatic carbocycles. The van der Waals surface area contributed by atoms with E-state index in [2.05, 4.69) is 10.1 Å². The van der Waals surface area contributed by atoms with Crippen molar-refractivity contribution < 1.29 is 19.1 Å². The van der Waals surface area contributed by atoms with Crippen LogP contribution in [-0.4, -0.2) is 38.9 Å². The van der Waals surface area contributed by atoms with Crippen LogP contribution in [0.4, 0.5) is 4.39 Å². The molecule has 1 amide bonds. The number of halogens is 3. The average molecular weight is 558 g/mol. The topological polar surface area (TPSA) is 103 Å². The number of hydrogen-bond donors (Lipinski definition) is 2. The van der Waals surface area contributed by atoms with Crippen LogP contribution in [-0.2, 0) is 9.59 Å². The summed E-state index contributed by atoms with van der Waals surface area (Å²) in [5.74, 6) is -2.55. The largest absolute Gasteiger partial charge is 0.481 e. The number of amides is 1. The molecule has 2 aromatic carbocycles. The van der Waals surface area contributed by atoms with Crippen LogP contribution in [0.5, 0.6) is 0 Å². The first kappa shape index (κ1) is 25.1. The van der Waals surface area contributed by atoms with Crippen molar-refractivity contribution in [1.29, 1.82) is 0 Å². The third kappa shape index (κ3) is 4.90. The molecule has 2 aromatic heterocycles. The van der Waals surface area contributed by atoms with Gasteiger partial charge >= 0.3 is 5.97 Å². The molecular weight excluding hydrogens is 540 g/mol. The second-order valence-corrected chi connectivity index (χ2v) is 10.2. The molecule has 0 saturated carbocycles. The number of hydrogen-bond acceptors (Lipinski definition) is 5. The van der Waals surface area contributed by atoms with Crippen molar-refractivity contribution in [3.8, 4) is 11.1 Å². The van der Waals surface area contributed by atoms with E-state index in [1.54, 1.807) is 48.5 Å². The number of aromatic amines is 1. The number of aliphatic carboxylic acids is 1. The minimum absolute atomic E-state index is 0.104. The first-order valence-corrected chi connectivity index (χ1v) is 12.8. The highest BCUT2D eigenvalue weighted by Crippen LogP contribution is 2.38. The predicted octanol–water partition coefficient (Wildman–Crippen LogP) is 6.05. The molecule has 0 radical (unpaired) electrons. The maximum atomic E-state index is 14.7. The van der Waals surface area contributed by atoms with E-state index in [9.17, 15) is 18.8 Å². The van der Waals surface area contributed by atoms with Crippen molar-refractivity contribution in [2.45, 2.75) is 25.1 Å². The van der Waals surface area contributed by atoms with Gasteiger partial charge in [0, 0.05) is 27.4 Å². The van der Waals surface area contributed by atoms with Crippen molar-refractivity contribution in [3.63, 3.8) is 0 Å². The molecule has 188 valence electrons. The second-order valence-electron chi connectivity index (χ2n) is 8.44. The Morgan fingerprint density at radius 3 is 2.38 bits per heavy atom. The number of hydrazone groups is 1. The van der Waals surface area contributed by atoms with Gasteiger partial charge in [-0.1, -0.05) is 47.5 Å². The van der Waals surface area contributed by atoms with Crippen LogP contribution in [0.3, 0.4) is 0 Å². The Morgan fingerprint density at radius 1 is 1.08 bits per heavy atom. The van der Waals surface area contributed by atoms with Gasteiger partial charge in [0.2, 0.25) is 0 Å². The lowest BCUT2D eigenvalue weighted by Gasteiger charge is -2.23. The van der Waals surface area contributed by atoms with Gasteiger partial charge in [0.1, 0.15) is 4.83 Å². The molecule has 1 unspecified atom stereocenters. The summed E-state index contributed by atoms with van der Waals surface area (Å²) in [6.07, 6.45) is -3.19. The number of nitrogens with zero attached hydrogens (tertiary/aromatic N) is 2. The minimum Gasteiger partial charge on any atom is -0.481 e. The highest BCUT2D eigenvalue weighted by atomic mass is 35.5. The van der Waals surface area contributed by atoms with Gasteiger partial charge in [-0.25, -0.2) is 9.40 Å². The number of fused-ring (bicyclic) bond motifs is 1. The quantitative estimate of drug-likeness (QED) is 0.301. The molecule has 0 fully saturated rings. The van der Waals surface area contributed by atoms with Crippen LogP contribution in [0.15, 0.2) is 69.9 Å². The number of H-pyrrole nitrogens is 1. The fourth-order valence-corrected chi connectivity index (χ4v) is 5.44. The van der Waals surface area contributed by atoms with Gasteiger partial charge in [-0.05, 0) is 46.8 Å². The Kier molecular flexibility index (Phi) is 6.85. The van der Waals surface area contributed by atoms with E-state index < -0.39 is 36.1 Å². The normalized spacial score (nSPS) is 16.1. The van der Waals surface area contributed by atoms with Gasteiger partial charge in [0.05, 0.1) is 23.7 Å². The van der Waals surface area contributed by atoms with E-state index in [-0.39, 0.29) is 17.7 Å². The smallest absolute Gasteiger partial charge is 0.306 e. The van der Waals surface area contributed by atoms with Crippen molar-refractivity contribution in [1.82, 2.24) is 9.99 Å². The Morgan fingerprint density at radius 2 is 1.73 bits per heavy atom. The molecule has 2 atom stereocenters. The third-order valence-electron chi connectivity index (χ3n) is 6.07. The van der Waals surface area contributed by atoms with Crippen molar-refractivity contribution in [3.05, 3.63) is 91.5 Å². The Labute approximate surface area is 223 Å². The highest BCUT2D eigenvalue weighted by Gasteiger charge is 2.39. The molecule has 37 heavy (non-hydrogen) atoms. The van der Waals surface area contributed by atoms with Gasteiger partial charge < -0.3 is 10.1 Å². The zero-order valence-corrected chi connectivity index (χ0v) is 21.3. The monoisotopic (exact) mass is 557 g/mol. The summed E-state index contributed by atoms with van der Waals surface area (Å²) in [6, 6.07) is 14.7. The van der Waals surface area contributed by atoms with E-state index in [0.717, 1.165) is 16.0 Å². The van der Waals surface area contributed by atoms with Gasteiger partial charge in [-0.2, -0.15) is 5.10 Å². The molecule has 0 bridgehead atoms. The number of carboxylic acids is 1. The van der Waals surface area contributed by atoms with Crippen LogP contribution < -0.4 is 5.56 Å². The second kappa shape index (κ2) is 10.1. The maximum Gasteiger partial charge on any atom is 0.306 e. The average Bonchev–Trinajstić information content (AvgIpc) is 3.50. The van der Waals surface area contributed by atoms with E-state index in [0.29, 0.717) is 26.0 Å². The van der Waals surface area contributed by atoms with Crippen LogP contribution in [0.1, 0.15) is 30.0 Å². The van der Waals surface area contributed by atoms with Gasteiger partial charge in [0.15, 0.2) is 6.17 Å². The first-order valence-electron chi connectivity index (χ1n) is 11.1. The molecule has 11 heteroatoms. The number of pyridine rings is 1. The van der Waals surface area contributed by atoms with E-state index in [1.807, 2.05) is 11.4 Å². The summed E-state index contributed by atoms with van der Waals surface area (Å²) < 4.78 is 14.7. The number of carbonyl (C=O) groups excluding carboxylic acids is 1. The SMILES string of the molecule is O=C(O)CC(F)C(=O)N1N=C(c2c(-c3ccc(Cl)cc3)c3ccsc3[nH]c2=O)C[C@@H]1c1ccc(Cl)cc1. The van der Waals surface area contributed by atoms with Gasteiger partial charge in [-0.3, -0.25) is 14.4 Å². The number of alkyl halides is 1. The number of carbonyl (C=O) groups is 2. The van der Waals surface area contributed by atoms with E-state index >= 15 is 0 Å². The summed E-state index contributed by atoms with van der Waals surface area (Å²) in [6.45, 7) is 0. The van der Waals surface area contributed by atoms with E-state index in [4.69, 9.17) is 28.3 Å². The molecule has 7 nitrogen and oxygen atoms in total. The van der Waals surface area contributed by atoms with Crippen LogP contribution in [0.25, 0.3) is 21.3 Å². The van der Waals surface area contributed by atoms with Crippen molar-refractivity contribution in [2.24, 2.45) is 5.10 Å². The fourth-order valence-electron chi connectivity index (χ4n) is 4.40. The lowest BCUT2D eigenvalue weighted by atomic mass is 9.92. The Balaban J connectivity index is 1.68. The summed E-state index contributed by atoms with van der Waals surface area (Å²) >= 11 is 13.5. The standard InChI is InChI=1S/C26H18Cl2FN3O4S/c27-15-5-1-13(2-6-15)20-12-19(31-32(20)26(36)18(29)11-21(33)34)23-22(14-3-7-16(28)8-4-14)17-9-10-37-25(17)30-24(23)35/h1-10,18,20H,11-12H2,(H,30,35)(H,33,34)/t18?,20-/m1/s1. The van der Waals surface area contributed by atoms with Gasteiger partial charge in [0.25, 0.3) is 11.5 Å². The Bertz CT molecular complexity index is 1600. The number of rotatable bonds is 6. The van der Waals surface area contributed by atoms with E-state index in [1.165, 1.54) is 11.3 Å². The van der Waals surface area contributed by atoms with Crippen molar-refractivity contribution in [2.75, 3.05) is 0 Å². The fraction of sp³-hybridized carbons (Fsp3) is 0.154. The summed E-state index contributed by atoms with van der Waals surface area (Å²) in [5, 5.41) is 18.0. The lowest BCUT2D eigenvalue weighted by molar-refractivity contribution is -0.146. The molecule has 0 spiro atoms. The summed E-state index contributed by atoms with van der Waals surface area (Å²) in [4.78, 5) is 41.0. The number of nitrogens with one attached hydrogen (secondary N) is 1. The van der Waals surface area contributed by atoms with Crippen LogP contribution in [0.2, 0.25) is 10.0 Å². The molecular formula is C26H18Cl2FN3O4S. The zero-order valence-electron chi connectivity index (χ0n) is 19.0. The summed E-state index contributed by atoms with van der Waals surface area (Å²) in [5.41, 5.74) is 2.05. The van der Waals surface area contributed by atoms with Crippen molar-refractivity contribution >= 4 is 62.3 Å². The number of thiophene rings is 1. The molecule has 1 aliphatic heterocycles. The van der Waals surface area contributed by atoms with Crippen LogP contribution >= 0.6 is 34.5 Å². The van der Waals surface area contributed by atoms with Crippen LogP contribution in [0, 0.1) is 0 Å². The summed E-state index contributed by atoms with van der Waals surface area (Å²) in [7, 11) is 0. The first-order chi connectivity index (χ1) is 17.7. The minimum atomic E-state index is -2.30. The van der Waals surface area contributed by atoms with Gasteiger partial charge in [-0.15, -0.1) is 11.3 Å². The highest BCUT2D eigenvalue weighted by molar-refractivity contribution is 7.16. The third-order valence-corrected chi connectivity index (χ3v) is 7.41. The Hall–Kier alpha value is -3.53. The molecule has 1 aliphatic rings. The zero-order chi connectivity index (χ0) is 26.3.